The summed E-state index contributed by atoms with van der Waals surface area (Å²) in [6, 6.07) is 5.72. The van der Waals surface area contributed by atoms with E-state index in [1.54, 1.807) is 0 Å². The van der Waals surface area contributed by atoms with E-state index in [9.17, 15) is 4.79 Å². The molecule has 5 heteroatoms. The Hall–Kier alpha value is -1.07. The minimum absolute atomic E-state index is 0.0477. The maximum absolute atomic E-state index is 11.8. The molecular weight excluding hydrogens is 344 g/mol. The van der Waals surface area contributed by atoms with Crippen LogP contribution in [0.1, 0.15) is 24.8 Å². The maximum Gasteiger partial charge on any atom is 0.257 e. The van der Waals surface area contributed by atoms with Crippen LogP contribution in [0.2, 0.25) is 0 Å². The van der Waals surface area contributed by atoms with Crippen LogP contribution in [0.3, 0.4) is 0 Å². The van der Waals surface area contributed by atoms with Gasteiger partial charge in [0.15, 0.2) is 6.61 Å². The van der Waals surface area contributed by atoms with Crippen LogP contribution in [0, 0.1) is 12.8 Å². The predicted molar refractivity (Wildman–Crippen MR) is 92.2 cm³/mol. The molecule has 1 aliphatic heterocycles. The molecule has 1 aromatic rings. The lowest BCUT2D eigenvalue weighted by Gasteiger charge is -2.28. The van der Waals surface area contributed by atoms with Crippen LogP contribution >= 0.6 is 15.9 Å². The van der Waals surface area contributed by atoms with Gasteiger partial charge < -0.3 is 15.0 Å². The number of carbonyl (C=O) groups excluding carboxylic acids is 1. The average molecular weight is 369 g/mol. The summed E-state index contributed by atoms with van der Waals surface area (Å²) in [5.74, 6) is 1.42. The van der Waals surface area contributed by atoms with Crippen molar-refractivity contribution in [2.24, 2.45) is 5.92 Å². The monoisotopic (exact) mass is 368 g/mol. The van der Waals surface area contributed by atoms with Crippen molar-refractivity contribution in [1.82, 2.24) is 10.2 Å². The highest BCUT2D eigenvalue weighted by Gasteiger charge is 2.16. The fraction of sp³-hybridized carbons (Fsp3) is 0.588. The quantitative estimate of drug-likeness (QED) is 0.838. The molecule has 1 N–H and O–H groups in total. The predicted octanol–water partition coefficient (Wildman–Crippen LogP) is 2.98. The van der Waals surface area contributed by atoms with Crippen molar-refractivity contribution in [3.8, 4) is 5.75 Å². The molecule has 0 bridgehead atoms. The van der Waals surface area contributed by atoms with Gasteiger partial charge in [0, 0.05) is 11.0 Å². The first kappa shape index (κ1) is 17.3. The van der Waals surface area contributed by atoms with Gasteiger partial charge in [0.1, 0.15) is 5.75 Å². The van der Waals surface area contributed by atoms with Gasteiger partial charge in [0.25, 0.3) is 5.91 Å². The summed E-state index contributed by atoms with van der Waals surface area (Å²) in [6.07, 6.45) is 3.54. The second-order valence-corrected chi connectivity index (χ2v) is 6.94. The molecule has 122 valence electrons. The molecule has 0 aliphatic carbocycles. The summed E-state index contributed by atoms with van der Waals surface area (Å²) in [5, 5.41) is 2.95. The normalized spacial score (nSPS) is 16.5. The van der Waals surface area contributed by atoms with Gasteiger partial charge in [0.2, 0.25) is 0 Å². The Balaban J connectivity index is 1.62. The van der Waals surface area contributed by atoms with Crippen molar-refractivity contribution >= 4 is 21.8 Å². The highest BCUT2D eigenvalue weighted by molar-refractivity contribution is 9.10. The summed E-state index contributed by atoms with van der Waals surface area (Å²) in [4.78, 5) is 14.2. The van der Waals surface area contributed by atoms with Crippen molar-refractivity contribution in [3.05, 3.63) is 28.2 Å². The van der Waals surface area contributed by atoms with Crippen LogP contribution in [-0.4, -0.2) is 44.1 Å². The highest BCUT2D eigenvalue weighted by atomic mass is 79.9. The summed E-state index contributed by atoms with van der Waals surface area (Å²) in [6.45, 7) is 5.16. The van der Waals surface area contributed by atoms with E-state index in [0.29, 0.717) is 0 Å². The largest absolute Gasteiger partial charge is 0.484 e. The zero-order valence-electron chi connectivity index (χ0n) is 13.4. The molecule has 1 saturated heterocycles. The molecule has 1 heterocycles. The van der Waals surface area contributed by atoms with E-state index >= 15 is 0 Å². The van der Waals surface area contributed by atoms with E-state index in [2.05, 4.69) is 33.2 Å². The van der Waals surface area contributed by atoms with Crippen molar-refractivity contribution < 1.29 is 9.53 Å². The zero-order chi connectivity index (χ0) is 15.9. The Morgan fingerprint density at radius 1 is 1.41 bits per heavy atom. The minimum Gasteiger partial charge on any atom is -0.484 e. The lowest BCUT2D eigenvalue weighted by Crippen LogP contribution is -2.34. The SMILES string of the molecule is Cc1cc(OCC(=O)NCCC2CCN(C)CC2)ccc1Br. The third kappa shape index (κ3) is 5.61. The molecule has 1 fully saturated rings. The number of aryl methyl sites for hydroxylation is 1. The number of likely N-dealkylation sites (tertiary alicyclic amines) is 1. The number of nitrogens with zero attached hydrogens (tertiary/aromatic N) is 1. The molecule has 0 atom stereocenters. The molecule has 4 nitrogen and oxygen atoms in total. The Kier molecular flexibility index (Phi) is 6.70. The van der Waals surface area contributed by atoms with E-state index in [1.807, 2.05) is 25.1 Å². The minimum atomic E-state index is -0.0477. The molecule has 1 amide bonds. The first-order valence-electron chi connectivity index (χ1n) is 7.89. The van der Waals surface area contributed by atoms with Crippen LogP contribution in [0.5, 0.6) is 5.75 Å². The zero-order valence-corrected chi connectivity index (χ0v) is 15.0. The van der Waals surface area contributed by atoms with E-state index in [0.717, 1.165) is 34.7 Å². The first-order valence-corrected chi connectivity index (χ1v) is 8.68. The van der Waals surface area contributed by atoms with Crippen LogP contribution in [-0.2, 0) is 4.79 Å². The number of piperidine rings is 1. The van der Waals surface area contributed by atoms with E-state index in [4.69, 9.17) is 4.74 Å². The number of carbonyl (C=O) groups is 1. The van der Waals surface area contributed by atoms with Gasteiger partial charge in [0.05, 0.1) is 0 Å². The van der Waals surface area contributed by atoms with E-state index < -0.39 is 0 Å². The smallest absolute Gasteiger partial charge is 0.257 e. The van der Waals surface area contributed by atoms with Gasteiger partial charge in [-0.25, -0.2) is 0 Å². The Morgan fingerprint density at radius 3 is 2.82 bits per heavy atom. The van der Waals surface area contributed by atoms with E-state index in [1.165, 1.54) is 25.9 Å². The van der Waals surface area contributed by atoms with Gasteiger partial charge in [-0.2, -0.15) is 0 Å². The number of nitrogens with one attached hydrogen (secondary N) is 1. The Bertz CT molecular complexity index is 499. The number of amides is 1. The summed E-state index contributed by atoms with van der Waals surface area (Å²) < 4.78 is 6.56. The summed E-state index contributed by atoms with van der Waals surface area (Å²) in [7, 11) is 2.17. The third-order valence-electron chi connectivity index (χ3n) is 4.21. The third-order valence-corrected chi connectivity index (χ3v) is 5.10. The lowest BCUT2D eigenvalue weighted by atomic mass is 9.94. The fourth-order valence-electron chi connectivity index (χ4n) is 2.67. The highest BCUT2D eigenvalue weighted by Crippen LogP contribution is 2.21. The summed E-state index contributed by atoms with van der Waals surface area (Å²) >= 11 is 3.45. The van der Waals surface area contributed by atoms with Crippen LogP contribution in [0.25, 0.3) is 0 Å². The van der Waals surface area contributed by atoms with Crippen LogP contribution in [0.4, 0.5) is 0 Å². The molecular formula is C17H25BrN2O2. The molecule has 22 heavy (non-hydrogen) atoms. The van der Waals surface area contributed by atoms with Gasteiger partial charge >= 0.3 is 0 Å². The number of rotatable bonds is 6. The van der Waals surface area contributed by atoms with Gasteiger partial charge in [-0.15, -0.1) is 0 Å². The number of halogens is 1. The van der Waals surface area contributed by atoms with Gasteiger partial charge in [-0.1, -0.05) is 15.9 Å². The van der Waals surface area contributed by atoms with Crippen LogP contribution < -0.4 is 10.1 Å². The van der Waals surface area contributed by atoms with Gasteiger partial charge in [-0.3, -0.25) is 4.79 Å². The van der Waals surface area contributed by atoms with Crippen LogP contribution in [0.15, 0.2) is 22.7 Å². The molecule has 0 radical (unpaired) electrons. The molecule has 0 aromatic heterocycles. The molecule has 2 rings (SSSR count). The second kappa shape index (κ2) is 8.53. The van der Waals surface area contributed by atoms with Crippen molar-refractivity contribution in [2.45, 2.75) is 26.2 Å². The summed E-state index contributed by atoms with van der Waals surface area (Å²) in [5.41, 5.74) is 1.10. The maximum atomic E-state index is 11.8. The first-order chi connectivity index (χ1) is 10.5. The van der Waals surface area contributed by atoms with Gasteiger partial charge in [-0.05, 0) is 76.0 Å². The Morgan fingerprint density at radius 2 is 2.14 bits per heavy atom. The second-order valence-electron chi connectivity index (χ2n) is 6.08. The number of hydrogen-bond acceptors (Lipinski definition) is 3. The molecule has 0 saturated carbocycles. The molecule has 1 aromatic carbocycles. The Labute approximate surface area is 141 Å². The molecule has 0 unspecified atom stereocenters. The number of ether oxygens (including phenoxy) is 1. The van der Waals surface area contributed by atoms with Crippen molar-refractivity contribution in [3.63, 3.8) is 0 Å². The van der Waals surface area contributed by atoms with Crippen molar-refractivity contribution in [2.75, 3.05) is 33.3 Å². The number of benzene rings is 1. The fourth-order valence-corrected chi connectivity index (χ4v) is 2.92. The molecule has 0 spiro atoms. The average Bonchev–Trinajstić information content (AvgIpc) is 2.50. The van der Waals surface area contributed by atoms with Crippen molar-refractivity contribution in [1.29, 1.82) is 0 Å². The lowest BCUT2D eigenvalue weighted by molar-refractivity contribution is -0.123. The standard InChI is InChI=1S/C17H25BrN2O2/c1-13-11-15(3-4-16(13)18)22-12-17(21)19-8-5-14-6-9-20(2)10-7-14/h3-4,11,14H,5-10,12H2,1-2H3,(H,19,21). The number of hydrogen-bond donors (Lipinski definition) is 1. The van der Waals surface area contributed by atoms with E-state index in [-0.39, 0.29) is 12.5 Å². The molecule has 1 aliphatic rings. The topological polar surface area (TPSA) is 41.6 Å².